The number of amides is 1. The highest BCUT2D eigenvalue weighted by atomic mass is 32.2. The van der Waals surface area contributed by atoms with Crippen molar-refractivity contribution in [2.24, 2.45) is 0 Å². The van der Waals surface area contributed by atoms with E-state index in [1.54, 1.807) is 0 Å². The zero-order valence-corrected chi connectivity index (χ0v) is 11.3. The molecule has 1 atom stereocenters. The molecule has 9 heteroatoms. The maximum atomic E-state index is 11.9. The average molecular weight is 302 g/mol. The van der Waals surface area contributed by atoms with Gasteiger partial charge in [0.2, 0.25) is 15.9 Å². The molecule has 0 saturated heterocycles. The number of aliphatic carboxylic acids is 1. The fourth-order valence-corrected chi connectivity index (χ4v) is 2.52. The van der Waals surface area contributed by atoms with Crippen molar-refractivity contribution in [1.82, 2.24) is 4.72 Å². The topological polar surface area (TPSA) is 133 Å². The maximum absolute atomic E-state index is 11.9. The lowest BCUT2D eigenvalue weighted by molar-refractivity contribution is -0.139. The highest BCUT2D eigenvalue weighted by molar-refractivity contribution is 7.89. The van der Waals surface area contributed by atoms with E-state index < -0.39 is 28.6 Å². The lowest BCUT2D eigenvalue weighted by atomic mass is 10.3. The number of carboxylic acids is 1. The molecule has 1 rings (SSSR count). The van der Waals surface area contributed by atoms with Crippen LogP contribution in [0.25, 0.3) is 0 Å². The molecule has 0 aliphatic heterocycles. The molecule has 0 bridgehead atoms. The van der Waals surface area contributed by atoms with Crippen LogP contribution in [0.4, 0.5) is 5.69 Å². The van der Waals surface area contributed by atoms with Gasteiger partial charge in [-0.3, -0.25) is 9.59 Å². The van der Waals surface area contributed by atoms with Gasteiger partial charge in [-0.15, -0.1) is 0 Å². The number of aliphatic hydroxyl groups is 1. The minimum Gasteiger partial charge on any atom is -0.480 e. The number of benzene rings is 1. The molecule has 0 aromatic heterocycles. The lowest BCUT2D eigenvalue weighted by Crippen LogP contribution is -2.43. The van der Waals surface area contributed by atoms with E-state index in [1.165, 1.54) is 31.2 Å². The van der Waals surface area contributed by atoms with Crippen LogP contribution in [0.15, 0.2) is 29.2 Å². The summed E-state index contributed by atoms with van der Waals surface area (Å²) in [5.41, 5.74) is 0.411. The number of carbonyl (C=O) groups is 2. The van der Waals surface area contributed by atoms with E-state index >= 15 is 0 Å². The summed E-state index contributed by atoms with van der Waals surface area (Å²) >= 11 is 0. The fraction of sp³-hybridized carbons (Fsp3) is 0.273. The van der Waals surface area contributed by atoms with Crippen molar-refractivity contribution in [3.05, 3.63) is 24.3 Å². The Morgan fingerprint density at radius 2 is 1.80 bits per heavy atom. The third-order valence-electron chi connectivity index (χ3n) is 2.26. The summed E-state index contributed by atoms with van der Waals surface area (Å²) in [6.45, 7) is 0.448. The van der Waals surface area contributed by atoms with Crippen LogP contribution in [-0.2, 0) is 19.6 Å². The molecule has 0 radical (unpaired) electrons. The van der Waals surface area contributed by atoms with Gasteiger partial charge in [-0.05, 0) is 24.3 Å². The first kappa shape index (κ1) is 16.1. The molecule has 0 heterocycles. The summed E-state index contributed by atoms with van der Waals surface area (Å²) in [5.74, 6) is -1.78. The number of hydrogen-bond acceptors (Lipinski definition) is 5. The standard InChI is InChI=1S/C11H14N2O6S/c1-7(15)12-8-2-4-9(5-3-8)20(18,19)13-10(6-14)11(16)17/h2-5,10,13-14H,6H2,1H3,(H,12,15)(H,16,17)/t10-/m0/s1. The normalized spacial score (nSPS) is 12.7. The summed E-state index contributed by atoms with van der Waals surface area (Å²) < 4.78 is 25.6. The number of aliphatic hydroxyl groups excluding tert-OH is 1. The largest absolute Gasteiger partial charge is 0.480 e. The van der Waals surface area contributed by atoms with Crippen molar-refractivity contribution < 1.29 is 28.2 Å². The monoisotopic (exact) mass is 302 g/mol. The fourth-order valence-electron chi connectivity index (χ4n) is 1.34. The van der Waals surface area contributed by atoms with Crippen molar-refractivity contribution in [3.63, 3.8) is 0 Å². The maximum Gasteiger partial charge on any atom is 0.324 e. The van der Waals surface area contributed by atoms with Crippen LogP contribution < -0.4 is 10.0 Å². The number of nitrogens with one attached hydrogen (secondary N) is 2. The van der Waals surface area contributed by atoms with Crippen LogP contribution in [0.2, 0.25) is 0 Å². The second kappa shape index (κ2) is 6.46. The summed E-state index contributed by atoms with van der Waals surface area (Å²) in [6, 6.07) is 3.54. The van der Waals surface area contributed by atoms with Crippen LogP contribution in [0.5, 0.6) is 0 Å². The Morgan fingerprint density at radius 3 is 2.20 bits per heavy atom. The zero-order valence-electron chi connectivity index (χ0n) is 10.5. The van der Waals surface area contributed by atoms with Crippen molar-refractivity contribution in [3.8, 4) is 0 Å². The van der Waals surface area contributed by atoms with Gasteiger partial charge in [-0.25, -0.2) is 8.42 Å². The Kier molecular flexibility index (Phi) is 5.19. The second-order valence-corrected chi connectivity index (χ2v) is 5.61. The van der Waals surface area contributed by atoms with Gasteiger partial charge in [-0.1, -0.05) is 0 Å². The third kappa shape index (κ3) is 4.30. The molecule has 0 fully saturated rings. The molecule has 4 N–H and O–H groups in total. The Labute approximate surface area is 115 Å². The minimum absolute atomic E-state index is 0.175. The number of sulfonamides is 1. The highest BCUT2D eigenvalue weighted by Crippen LogP contribution is 2.14. The Balaban J connectivity index is 2.92. The molecule has 1 aromatic carbocycles. The molecule has 0 unspecified atom stereocenters. The van der Waals surface area contributed by atoms with Crippen molar-refractivity contribution in [2.75, 3.05) is 11.9 Å². The first-order chi connectivity index (χ1) is 9.26. The molecular weight excluding hydrogens is 288 g/mol. The number of carbonyl (C=O) groups excluding carboxylic acids is 1. The molecule has 20 heavy (non-hydrogen) atoms. The number of hydrogen-bond donors (Lipinski definition) is 4. The molecule has 1 aromatic rings. The molecule has 1 amide bonds. The smallest absolute Gasteiger partial charge is 0.324 e. The first-order valence-electron chi connectivity index (χ1n) is 5.50. The average Bonchev–Trinajstić information content (AvgIpc) is 2.35. The molecule has 0 saturated carbocycles. The molecule has 0 aliphatic rings. The van der Waals surface area contributed by atoms with Gasteiger partial charge in [0, 0.05) is 12.6 Å². The van der Waals surface area contributed by atoms with Crippen molar-refractivity contribution >= 4 is 27.6 Å². The van der Waals surface area contributed by atoms with Crippen LogP contribution in [0, 0.1) is 0 Å². The van der Waals surface area contributed by atoms with E-state index in [1.807, 2.05) is 4.72 Å². The van der Waals surface area contributed by atoms with Gasteiger partial charge in [0.15, 0.2) is 0 Å². The lowest BCUT2D eigenvalue weighted by Gasteiger charge is -2.12. The minimum atomic E-state index is -4.07. The van der Waals surface area contributed by atoms with E-state index in [0.717, 1.165) is 0 Å². The zero-order chi connectivity index (χ0) is 15.3. The Morgan fingerprint density at radius 1 is 1.25 bits per heavy atom. The summed E-state index contributed by atoms with van der Waals surface area (Å²) in [7, 11) is -4.07. The number of carboxylic acid groups (broad SMARTS) is 1. The van der Waals surface area contributed by atoms with Crippen molar-refractivity contribution in [2.45, 2.75) is 17.9 Å². The number of anilines is 1. The van der Waals surface area contributed by atoms with Gasteiger partial charge in [0.25, 0.3) is 0 Å². The molecule has 110 valence electrons. The Bertz CT molecular complexity index is 596. The van der Waals surface area contributed by atoms with Gasteiger partial charge in [0.1, 0.15) is 6.04 Å². The summed E-state index contributed by atoms with van der Waals surface area (Å²) in [5, 5.41) is 20.0. The van der Waals surface area contributed by atoms with Gasteiger partial charge in [-0.2, -0.15) is 4.72 Å². The van der Waals surface area contributed by atoms with Gasteiger partial charge in [0.05, 0.1) is 11.5 Å². The molecule has 8 nitrogen and oxygen atoms in total. The van der Waals surface area contributed by atoms with E-state index in [9.17, 15) is 18.0 Å². The van der Waals surface area contributed by atoms with Crippen LogP contribution in [0.3, 0.4) is 0 Å². The molecule has 0 aliphatic carbocycles. The third-order valence-corrected chi connectivity index (χ3v) is 3.75. The Hall–Kier alpha value is -1.97. The first-order valence-corrected chi connectivity index (χ1v) is 6.98. The van der Waals surface area contributed by atoms with Crippen LogP contribution in [0.1, 0.15) is 6.92 Å². The van der Waals surface area contributed by atoms with E-state index in [0.29, 0.717) is 5.69 Å². The SMILES string of the molecule is CC(=O)Nc1ccc(S(=O)(=O)N[C@@H](CO)C(=O)O)cc1. The van der Waals surface area contributed by atoms with Crippen molar-refractivity contribution in [1.29, 1.82) is 0 Å². The predicted octanol–water partition coefficient (Wildman–Crippen LogP) is -0.631. The van der Waals surface area contributed by atoms with Crippen LogP contribution in [-0.4, -0.2) is 43.2 Å². The number of rotatable bonds is 6. The quantitative estimate of drug-likeness (QED) is 0.553. The van der Waals surface area contributed by atoms with E-state index in [4.69, 9.17) is 10.2 Å². The second-order valence-electron chi connectivity index (χ2n) is 3.90. The van der Waals surface area contributed by atoms with E-state index in [-0.39, 0.29) is 10.8 Å². The summed E-state index contributed by atoms with van der Waals surface area (Å²) in [6.07, 6.45) is 0. The predicted molar refractivity (Wildman–Crippen MR) is 69.6 cm³/mol. The van der Waals surface area contributed by atoms with Crippen LogP contribution >= 0.6 is 0 Å². The molecule has 0 spiro atoms. The van der Waals surface area contributed by atoms with E-state index in [2.05, 4.69) is 5.32 Å². The molecular formula is C11H14N2O6S. The van der Waals surface area contributed by atoms with Gasteiger partial charge >= 0.3 is 5.97 Å². The van der Waals surface area contributed by atoms with Gasteiger partial charge < -0.3 is 15.5 Å². The highest BCUT2D eigenvalue weighted by Gasteiger charge is 2.24. The summed E-state index contributed by atoms with van der Waals surface area (Å²) in [4.78, 5) is 21.3.